The first-order valence-electron chi connectivity index (χ1n) is 12.5. The van der Waals surface area contributed by atoms with E-state index in [1.807, 2.05) is 36.4 Å². The summed E-state index contributed by atoms with van der Waals surface area (Å²) in [5.41, 5.74) is 3.76. The number of aliphatic hydroxyl groups is 1. The van der Waals surface area contributed by atoms with Crippen LogP contribution in [0.3, 0.4) is 0 Å². The van der Waals surface area contributed by atoms with Crippen molar-refractivity contribution in [2.45, 2.75) is 43.7 Å². The highest BCUT2D eigenvalue weighted by Gasteiger charge is 2.54. The van der Waals surface area contributed by atoms with Crippen molar-refractivity contribution < 1.29 is 19.5 Å². The van der Waals surface area contributed by atoms with Crippen LogP contribution in [0.25, 0.3) is 11.1 Å². The maximum absolute atomic E-state index is 13.0. The number of nitrogens with zero attached hydrogens (tertiary/aromatic N) is 3. The van der Waals surface area contributed by atoms with Gasteiger partial charge in [-0.05, 0) is 41.7 Å². The van der Waals surface area contributed by atoms with E-state index in [1.54, 1.807) is 28.8 Å². The topological polar surface area (TPSA) is 81.2 Å². The summed E-state index contributed by atoms with van der Waals surface area (Å²) >= 11 is 0. The molecule has 2 aliphatic heterocycles. The first-order valence-corrected chi connectivity index (χ1v) is 12.5. The summed E-state index contributed by atoms with van der Waals surface area (Å²) in [5, 5.41) is 10.1. The van der Waals surface area contributed by atoms with Crippen LogP contribution in [-0.2, 0) is 9.59 Å². The average Bonchev–Trinajstić information content (AvgIpc) is 3.40. The lowest BCUT2D eigenvalue weighted by atomic mass is 9.73. The van der Waals surface area contributed by atoms with E-state index in [1.165, 1.54) is 0 Å². The minimum absolute atomic E-state index is 0.00253. The summed E-state index contributed by atoms with van der Waals surface area (Å²) in [6, 6.07) is 15.4. The number of carbonyl (C=O) groups excluding carboxylic acids is 3. The normalized spacial score (nSPS) is 24.2. The third-order valence-corrected chi connectivity index (χ3v) is 7.94. The summed E-state index contributed by atoms with van der Waals surface area (Å²) in [6.45, 7) is 0.568. The van der Waals surface area contributed by atoms with E-state index in [9.17, 15) is 19.5 Å². The van der Waals surface area contributed by atoms with Crippen molar-refractivity contribution in [1.29, 1.82) is 0 Å². The van der Waals surface area contributed by atoms with Gasteiger partial charge in [-0.3, -0.25) is 14.4 Å². The molecule has 3 atom stereocenters. The number of hydrogen-bond donors (Lipinski definition) is 1. The Morgan fingerprint density at radius 2 is 1.57 bits per heavy atom. The van der Waals surface area contributed by atoms with Gasteiger partial charge in [-0.1, -0.05) is 49.2 Å². The van der Waals surface area contributed by atoms with Crippen molar-refractivity contribution in [3.05, 3.63) is 59.7 Å². The lowest BCUT2D eigenvalue weighted by Gasteiger charge is -2.59. The zero-order valence-corrected chi connectivity index (χ0v) is 20.4. The van der Waals surface area contributed by atoms with Crippen molar-refractivity contribution >= 4 is 17.7 Å². The molecule has 2 saturated heterocycles. The number of benzene rings is 2. The van der Waals surface area contributed by atoms with Gasteiger partial charge in [0.1, 0.15) is 0 Å². The minimum atomic E-state index is -0.251. The second kappa shape index (κ2) is 9.46. The number of carbonyl (C=O) groups is 3. The van der Waals surface area contributed by atoms with E-state index in [0.717, 1.165) is 42.4 Å². The zero-order valence-electron chi connectivity index (χ0n) is 20.4. The van der Waals surface area contributed by atoms with Crippen molar-refractivity contribution in [3.63, 3.8) is 0 Å². The Balaban J connectivity index is 1.33. The first kappa shape index (κ1) is 23.5. The fourth-order valence-electron chi connectivity index (χ4n) is 6.06. The Bertz CT molecular complexity index is 1110. The lowest BCUT2D eigenvalue weighted by Crippen LogP contribution is -2.73. The molecule has 1 aliphatic carbocycles. The second-order valence-corrected chi connectivity index (χ2v) is 10.2. The van der Waals surface area contributed by atoms with E-state index >= 15 is 0 Å². The van der Waals surface area contributed by atoms with E-state index in [4.69, 9.17) is 0 Å². The van der Waals surface area contributed by atoms with Crippen molar-refractivity contribution in [3.8, 4) is 11.1 Å². The molecule has 0 unspecified atom stereocenters. The Kier molecular flexibility index (Phi) is 6.36. The molecule has 3 amide bonds. The zero-order chi connectivity index (χ0) is 24.7. The van der Waals surface area contributed by atoms with Gasteiger partial charge in [0.25, 0.3) is 5.91 Å². The van der Waals surface area contributed by atoms with Gasteiger partial charge in [-0.25, -0.2) is 0 Å². The van der Waals surface area contributed by atoms with Gasteiger partial charge in [0.15, 0.2) is 0 Å². The van der Waals surface area contributed by atoms with Gasteiger partial charge in [0, 0.05) is 38.0 Å². The third kappa shape index (κ3) is 4.22. The predicted octanol–water partition coefficient (Wildman–Crippen LogP) is 2.74. The number of fused-ring (bicyclic) bond motifs is 1. The van der Waals surface area contributed by atoms with Gasteiger partial charge in [-0.2, -0.15) is 0 Å². The monoisotopic (exact) mass is 475 g/mol. The molecule has 35 heavy (non-hydrogen) atoms. The van der Waals surface area contributed by atoms with Gasteiger partial charge in [0.05, 0.1) is 25.2 Å². The number of amides is 3. The molecule has 2 heterocycles. The first-order chi connectivity index (χ1) is 16.9. The van der Waals surface area contributed by atoms with Crippen LogP contribution in [0.2, 0.25) is 0 Å². The highest BCUT2D eigenvalue weighted by Crippen LogP contribution is 2.43. The molecule has 0 aromatic heterocycles. The Labute approximate surface area is 206 Å². The van der Waals surface area contributed by atoms with E-state index in [-0.39, 0.29) is 54.8 Å². The highest BCUT2D eigenvalue weighted by molar-refractivity contribution is 5.94. The largest absolute Gasteiger partial charge is 0.394 e. The minimum Gasteiger partial charge on any atom is -0.394 e. The van der Waals surface area contributed by atoms with Crippen molar-refractivity contribution in [2.24, 2.45) is 5.92 Å². The molecular formula is C28H33N3O4. The van der Waals surface area contributed by atoms with Crippen LogP contribution < -0.4 is 0 Å². The van der Waals surface area contributed by atoms with Crippen LogP contribution in [0.15, 0.2) is 48.5 Å². The van der Waals surface area contributed by atoms with E-state index in [2.05, 4.69) is 12.1 Å². The molecule has 1 saturated carbocycles. The van der Waals surface area contributed by atoms with Gasteiger partial charge < -0.3 is 19.8 Å². The number of rotatable bonds is 5. The molecular weight excluding hydrogens is 442 g/mol. The van der Waals surface area contributed by atoms with Crippen LogP contribution in [0.5, 0.6) is 0 Å². The standard InChI is InChI=1S/C28H33N3O4/c1-29(2)27(34)22-13-9-19(10-14-22)18-7-11-20(12-8-18)26-23-15-30(28(35)21-5-3-4-6-21)16-25(33)31(23)24(26)17-32/h7-14,21,23-24,26,32H,3-6,15-17H2,1-2H3/t23-,24-,26-/m0/s1. The van der Waals surface area contributed by atoms with Crippen molar-refractivity contribution in [1.82, 2.24) is 14.7 Å². The molecule has 5 rings (SSSR count). The second-order valence-electron chi connectivity index (χ2n) is 10.2. The number of piperazine rings is 1. The third-order valence-electron chi connectivity index (χ3n) is 7.94. The van der Waals surface area contributed by atoms with E-state index < -0.39 is 0 Å². The molecule has 0 radical (unpaired) electrons. The summed E-state index contributed by atoms with van der Waals surface area (Å²) in [6.07, 6.45) is 4.02. The molecule has 0 bridgehead atoms. The van der Waals surface area contributed by atoms with Crippen LogP contribution in [0.1, 0.15) is 47.5 Å². The highest BCUT2D eigenvalue weighted by atomic mass is 16.3. The molecule has 2 aromatic carbocycles. The predicted molar refractivity (Wildman–Crippen MR) is 133 cm³/mol. The number of hydrogen-bond acceptors (Lipinski definition) is 4. The summed E-state index contributed by atoms with van der Waals surface area (Å²) in [4.78, 5) is 43.1. The Morgan fingerprint density at radius 1 is 0.971 bits per heavy atom. The quantitative estimate of drug-likeness (QED) is 0.721. The fraction of sp³-hybridized carbons (Fsp3) is 0.464. The molecule has 3 fully saturated rings. The smallest absolute Gasteiger partial charge is 0.253 e. The van der Waals surface area contributed by atoms with Gasteiger partial charge >= 0.3 is 0 Å². The van der Waals surface area contributed by atoms with Crippen LogP contribution in [0, 0.1) is 5.92 Å². The summed E-state index contributed by atoms with van der Waals surface area (Å²) in [5.74, 6) is 0.0801. The summed E-state index contributed by atoms with van der Waals surface area (Å²) < 4.78 is 0. The van der Waals surface area contributed by atoms with Crippen LogP contribution in [-0.4, -0.2) is 83.4 Å². The van der Waals surface area contributed by atoms with E-state index in [0.29, 0.717) is 12.1 Å². The molecule has 184 valence electrons. The molecule has 7 heteroatoms. The van der Waals surface area contributed by atoms with Crippen molar-refractivity contribution in [2.75, 3.05) is 33.8 Å². The molecule has 7 nitrogen and oxygen atoms in total. The molecule has 2 aromatic rings. The van der Waals surface area contributed by atoms with Gasteiger partial charge in [-0.15, -0.1) is 0 Å². The SMILES string of the molecule is CN(C)C(=O)c1ccc(-c2ccc([C@@H]3[C@H](CO)N4C(=O)CN(C(=O)C5CCCC5)C[C@@H]34)cc2)cc1. The average molecular weight is 476 g/mol. The molecule has 3 aliphatic rings. The molecule has 0 spiro atoms. The summed E-state index contributed by atoms with van der Waals surface area (Å²) in [7, 11) is 3.47. The maximum atomic E-state index is 13.0. The van der Waals surface area contributed by atoms with Crippen LogP contribution in [0.4, 0.5) is 0 Å². The van der Waals surface area contributed by atoms with Gasteiger partial charge in [0.2, 0.25) is 11.8 Å². The van der Waals surface area contributed by atoms with Crippen LogP contribution >= 0.6 is 0 Å². The molecule has 1 N–H and O–H groups in total. The Hall–Kier alpha value is -3.19. The maximum Gasteiger partial charge on any atom is 0.253 e. The lowest BCUT2D eigenvalue weighted by molar-refractivity contribution is -0.168. The number of aliphatic hydroxyl groups excluding tert-OH is 1. The fourth-order valence-corrected chi connectivity index (χ4v) is 6.06. The Morgan fingerprint density at radius 3 is 2.14 bits per heavy atom.